The number of ketones is 1. The first kappa shape index (κ1) is 14.8. The predicted octanol–water partition coefficient (Wildman–Crippen LogP) is 2.57. The fourth-order valence-electron chi connectivity index (χ4n) is 3.18. The number of nitrogens with two attached hydrogens (primary N) is 1. The average Bonchev–Trinajstić information content (AvgIpc) is 2.74. The average molecular weight is 279 g/mol. The zero-order valence-corrected chi connectivity index (χ0v) is 11.1. The van der Waals surface area contributed by atoms with Gasteiger partial charge in [-0.25, -0.2) is 0 Å². The lowest BCUT2D eigenvalue weighted by molar-refractivity contribution is -0.192. The van der Waals surface area contributed by atoms with Crippen LogP contribution in [0.25, 0.3) is 0 Å². The molecule has 2 aliphatic rings. The van der Waals surface area contributed by atoms with Crippen LogP contribution in [0.1, 0.15) is 45.4 Å². The second kappa shape index (κ2) is 4.74. The van der Waals surface area contributed by atoms with E-state index in [2.05, 4.69) is 0 Å². The molecule has 2 N–H and O–H groups in total. The molecule has 3 nitrogen and oxygen atoms in total. The third-order valence-electron chi connectivity index (χ3n) is 4.48. The van der Waals surface area contributed by atoms with E-state index in [1.807, 2.05) is 0 Å². The van der Waals surface area contributed by atoms with Crippen LogP contribution >= 0.6 is 0 Å². The van der Waals surface area contributed by atoms with Gasteiger partial charge in [-0.15, -0.1) is 0 Å². The molecule has 0 radical (unpaired) electrons. The number of hydrogen-bond donors (Lipinski definition) is 1. The summed E-state index contributed by atoms with van der Waals surface area (Å²) >= 11 is 0. The Labute approximate surface area is 110 Å². The summed E-state index contributed by atoms with van der Waals surface area (Å²) in [4.78, 5) is 12.1. The van der Waals surface area contributed by atoms with Crippen molar-refractivity contribution in [1.29, 1.82) is 0 Å². The number of carbonyl (C=O) groups is 1. The Morgan fingerprint density at radius 3 is 2.42 bits per heavy atom. The zero-order chi connectivity index (χ0) is 14.3. The largest absolute Gasteiger partial charge is 0.413 e. The van der Waals surface area contributed by atoms with Gasteiger partial charge in [-0.3, -0.25) is 4.79 Å². The molecule has 0 aromatic rings. The van der Waals surface area contributed by atoms with E-state index in [-0.39, 0.29) is 5.60 Å². The van der Waals surface area contributed by atoms with Crippen molar-refractivity contribution in [2.45, 2.75) is 62.8 Å². The molecular formula is C13H20F3NO2. The maximum atomic E-state index is 12.8. The van der Waals surface area contributed by atoms with Crippen LogP contribution in [0.15, 0.2) is 0 Å². The fourth-order valence-corrected chi connectivity index (χ4v) is 3.18. The zero-order valence-electron chi connectivity index (χ0n) is 11.1. The lowest BCUT2D eigenvalue weighted by Gasteiger charge is -2.40. The van der Waals surface area contributed by atoms with E-state index >= 15 is 0 Å². The Kier molecular flexibility index (Phi) is 3.68. The van der Waals surface area contributed by atoms with Crippen LogP contribution in [0.4, 0.5) is 13.2 Å². The highest BCUT2D eigenvalue weighted by Crippen LogP contribution is 2.44. The molecule has 2 fully saturated rings. The predicted molar refractivity (Wildman–Crippen MR) is 63.5 cm³/mol. The van der Waals surface area contributed by atoms with Crippen molar-refractivity contribution in [3.8, 4) is 0 Å². The van der Waals surface area contributed by atoms with Crippen molar-refractivity contribution >= 4 is 5.78 Å². The van der Waals surface area contributed by atoms with Crippen LogP contribution in [0.3, 0.4) is 0 Å². The molecule has 1 heterocycles. The van der Waals surface area contributed by atoms with E-state index in [4.69, 9.17) is 10.5 Å². The molecule has 6 heteroatoms. The Bertz CT molecular complexity index is 359. The summed E-state index contributed by atoms with van der Waals surface area (Å²) in [5.74, 6) is -1.53. The minimum Gasteiger partial charge on any atom is -0.375 e. The molecule has 1 saturated heterocycles. The lowest BCUT2D eigenvalue weighted by atomic mass is 9.77. The van der Waals surface area contributed by atoms with Crippen molar-refractivity contribution in [3.05, 3.63) is 0 Å². The molecule has 2 rings (SSSR count). The van der Waals surface area contributed by atoms with Gasteiger partial charge < -0.3 is 10.5 Å². The smallest absolute Gasteiger partial charge is 0.375 e. The Hall–Kier alpha value is -0.620. The first-order valence-corrected chi connectivity index (χ1v) is 6.72. The molecule has 2 atom stereocenters. The number of Topliss-reactive ketones (excluding diaryl/α,β-unsaturated/α-hetero) is 1. The van der Waals surface area contributed by atoms with Gasteiger partial charge in [0.2, 0.25) is 0 Å². The summed E-state index contributed by atoms with van der Waals surface area (Å²) in [5, 5.41) is 0. The van der Waals surface area contributed by atoms with E-state index in [0.717, 1.165) is 32.6 Å². The minimum atomic E-state index is -4.70. The van der Waals surface area contributed by atoms with E-state index in [0.29, 0.717) is 19.4 Å². The van der Waals surface area contributed by atoms with Crippen LogP contribution in [0.5, 0.6) is 0 Å². The Balaban J connectivity index is 2.11. The van der Waals surface area contributed by atoms with Gasteiger partial charge in [0.05, 0.1) is 5.60 Å². The summed E-state index contributed by atoms with van der Waals surface area (Å²) in [6.07, 6.45) is -0.280. The third kappa shape index (κ3) is 2.65. The Morgan fingerprint density at radius 2 is 1.89 bits per heavy atom. The standard InChI is InChI=1S/C13H20F3NO2/c1-11(17,13(14,15)16)10(18)9-4-7-19-12(8-9)5-2-3-6-12/h9H,2-8,17H2,1H3. The number of carbonyl (C=O) groups excluding carboxylic acids is 1. The van der Waals surface area contributed by atoms with Gasteiger partial charge in [-0.2, -0.15) is 13.2 Å². The molecule has 1 saturated carbocycles. The van der Waals surface area contributed by atoms with Crippen molar-refractivity contribution in [2.24, 2.45) is 11.7 Å². The van der Waals surface area contributed by atoms with Gasteiger partial charge in [0.25, 0.3) is 0 Å². The summed E-state index contributed by atoms with van der Waals surface area (Å²) in [6.45, 7) is 1.12. The summed E-state index contributed by atoms with van der Waals surface area (Å²) in [5.41, 5.74) is 2.11. The first-order valence-electron chi connectivity index (χ1n) is 6.72. The molecule has 1 spiro atoms. The molecule has 0 aromatic heterocycles. The topological polar surface area (TPSA) is 52.3 Å². The van der Waals surface area contributed by atoms with Crippen LogP contribution < -0.4 is 5.73 Å². The minimum absolute atomic E-state index is 0.337. The van der Waals surface area contributed by atoms with Crippen molar-refractivity contribution in [2.75, 3.05) is 6.61 Å². The number of rotatable bonds is 2. The second-order valence-electron chi connectivity index (χ2n) is 5.99. The van der Waals surface area contributed by atoms with Crippen molar-refractivity contribution in [1.82, 2.24) is 0 Å². The summed E-state index contributed by atoms with van der Waals surface area (Å²) in [6, 6.07) is 0. The van der Waals surface area contributed by atoms with Gasteiger partial charge in [-0.05, 0) is 32.6 Å². The van der Waals surface area contributed by atoms with Crippen LogP contribution in [0.2, 0.25) is 0 Å². The third-order valence-corrected chi connectivity index (χ3v) is 4.48. The maximum absolute atomic E-state index is 12.8. The van der Waals surface area contributed by atoms with Gasteiger partial charge in [0.15, 0.2) is 11.3 Å². The monoisotopic (exact) mass is 279 g/mol. The van der Waals surface area contributed by atoms with Gasteiger partial charge in [0, 0.05) is 12.5 Å². The number of halogens is 3. The van der Waals surface area contributed by atoms with Crippen molar-refractivity contribution < 1.29 is 22.7 Å². The molecule has 2 unspecified atom stereocenters. The maximum Gasteiger partial charge on any atom is 0.413 e. The number of hydrogen-bond acceptors (Lipinski definition) is 3. The molecule has 0 bridgehead atoms. The molecular weight excluding hydrogens is 259 g/mol. The normalized spacial score (nSPS) is 30.3. The first-order chi connectivity index (χ1) is 8.68. The Morgan fingerprint density at radius 1 is 1.32 bits per heavy atom. The highest BCUT2D eigenvalue weighted by molar-refractivity contribution is 5.91. The molecule has 1 aliphatic heterocycles. The van der Waals surface area contributed by atoms with E-state index < -0.39 is 23.4 Å². The molecule has 1 aliphatic carbocycles. The fraction of sp³-hybridized carbons (Fsp3) is 0.923. The van der Waals surface area contributed by atoms with Crippen LogP contribution in [0, 0.1) is 5.92 Å². The molecule has 110 valence electrons. The number of alkyl halides is 3. The van der Waals surface area contributed by atoms with Crippen LogP contribution in [-0.2, 0) is 9.53 Å². The summed E-state index contributed by atoms with van der Waals surface area (Å²) < 4.78 is 44.2. The van der Waals surface area contributed by atoms with Gasteiger partial charge >= 0.3 is 6.18 Å². The quantitative estimate of drug-likeness (QED) is 0.845. The van der Waals surface area contributed by atoms with Crippen LogP contribution in [-0.4, -0.2) is 29.7 Å². The summed E-state index contributed by atoms with van der Waals surface area (Å²) in [7, 11) is 0. The van der Waals surface area contributed by atoms with Crippen molar-refractivity contribution in [3.63, 3.8) is 0 Å². The van der Waals surface area contributed by atoms with Gasteiger partial charge in [0.1, 0.15) is 0 Å². The molecule has 0 aromatic carbocycles. The molecule has 19 heavy (non-hydrogen) atoms. The highest BCUT2D eigenvalue weighted by atomic mass is 19.4. The van der Waals surface area contributed by atoms with E-state index in [9.17, 15) is 18.0 Å². The molecule has 0 amide bonds. The van der Waals surface area contributed by atoms with E-state index in [1.165, 1.54) is 0 Å². The van der Waals surface area contributed by atoms with E-state index in [1.54, 1.807) is 0 Å². The van der Waals surface area contributed by atoms with Gasteiger partial charge in [-0.1, -0.05) is 12.8 Å². The lowest BCUT2D eigenvalue weighted by Crippen LogP contribution is -2.60. The highest BCUT2D eigenvalue weighted by Gasteiger charge is 2.56. The SMILES string of the molecule is CC(N)(C(=O)C1CCOC2(CCCC2)C1)C(F)(F)F. The number of ether oxygens (including phenoxy) is 1. The second-order valence-corrected chi connectivity index (χ2v) is 5.99.